The number of hydrogen-bond donors (Lipinski definition) is 1. The summed E-state index contributed by atoms with van der Waals surface area (Å²) in [6.45, 7) is 7.02. The summed E-state index contributed by atoms with van der Waals surface area (Å²) in [6.07, 6.45) is 0.954. The van der Waals surface area contributed by atoms with Crippen LogP contribution in [-0.4, -0.2) is 19.7 Å². The molecule has 0 amide bonds. The summed E-state index contributed by atoms with van der Waals surface area (Å²) in [6, 6.07) is 5.41. The van der Waals surface area contributed by atoms with Gasteiger partial charge in [0.05, 0.1) is 11.6 Å². The van der Waals surface area contributed by atoms with Crippen LogP contribution in [0.4, 0.5) is 0 Å². The Hall–Kier alpha value is -0.440. The highest BCUT2D eigenvalue weighted by Gasteiger charge is 2.04. The van der Waals surface area contributed by atoms with Crippen LogP contribution in [-0.2, 0) is 0 Å². The molecule has 1 N–H and O–H groups in total. The zero-order chi connectivity index (χ0) is 12.7. The summed E-state index contributed by atoms with van der Waals surface area (Å²) in [7, 11) is 0. The first-order valence-electron chi connectivity index (χ1n) is 5.88. The Kier molecular flexibility index (Phi) is 6.71. The van der Waals surface area contributed by atoms with E-state index >= 15 is 0 Å². The van der Waals surface area contributed by atoms with Crippen LogP contribution < -0.4 is 10.1 Å². The molecule has 0 aromatic heterocycles. The van der Waals surface area contributed by atoms with E-state index in [0.717, 1.165) is 19.5 Å². The van der Waals surface area contributed by atoms with Gasteiger partial charge in [-0.15, -0.1) is 0 Å². The third-order valence-corrected chi connectivity index (χ3v) is 3.03. The Morgan fingerprint density at radius 1 is 1.29 bits per heavy atom. The van der Waals surface area contributed by atoms with Crippen LogP contribution in [0.3, 0.4) is 0 Å². The van der Waals surface area contributed by atoms with E-state index in [9.17, 15) is 0 Å². The fourth-order valence-electron chi connectivity index (χ4n) is 1.37. The Labute approximate surface area is 113 Å². The van der Waals surface area contributed by atoms with Crippen molar-refractivity contribution in [2.24, 2.45) is 5.92 Å². The number of ether oxygens (including phenoxy) is 1. The standard InChI is InChI=1S/C13H19Cl2NO/c1-10(2)9-16-7-4-8-17-12-6-3-5-11(14)13(12)15/h3,5-6,10,16H,4,7-9H2,1-2H3. The fraction of sp³-hybridized carbons (Fsp3) is 0.538. The maximum Gasteiger partial charge on any atom is 0.139 e. The Morgan fingerprint density at radius 2 is 2.06 bits per heavy atom. The van der Waals surface area contributed by atoms with E-state index in [1.807, 2.05) is 12.1 Å². The Balaban J connectivity index is 2.20. The van der Waals surface area contributed by atoms with Gasteiger partial charge in [0.1, 0.15) is 10.8 Å². The van der Waals surface area contributed by atoms with Crippen molar-refractivity contribution in [2.45, 2.75) is 20.3 Å². The molecule has 0 unspecified atom stereocenters. The molecule has 0 heterocycles. The molecule has 0 spiro atoms. The molecular formula is C13H19Cl2NO. The SMILES string of the molecule is CC(C)CNCCCOc1cccc(Cl)c1Cl. The first-order chi connectivity index (χ1) is 8.11. The molecule has 17 heavy (non-hydrogen) atoms. The van der Waals surface area contributed by atoms with Crippen molar-refractivity contribution >= 4 is 23.2 Å². The quantitative estimate of drug-likeness (QED) is 0.760. The van der Waals surface area contributed by atoms with E-state index in [-0.39, 0.29) is 0 Å². The van der Waals surface area contributed by atoms with Crippen molar-refractivity contribution in [1.29, 1.82) is 0 Å². The van der Waals surface area contributed by atoms with Gasteiger partial charge in [-0.25, -0.2) is 0 Å². The van der Waals surface area contributed by atoms with E-state index in [2.05, 4.69) is 19.2 Å². The van der Waals surface area contributed by atoms with Gasteiger partial charge in [0.2, 0.25) is 0 Å². The molecule has 0 radical (unpaired) electrons. The van der Waals surface area contributed by atoms with Gasteiger partial charge in [0.15, 0.2) is 0 Å². The van der Waals surface area contributed by atoms with E-state index < -0.39 is 0 Å². The summed E-state index contributed by atoms with van der Waals surface area (Å²) >= 11 is 11.9. The monoisotopic (exact) mass is 275 g/mol. The van der Waals surface area contributed by atoms with Crippen LogP contribution in [0.1, 0.15) is 20.3 Å². The van der Waals surface area contributed by atoms with Crippen LogP contribution >= 0.6 is 23.2 Å². The molecule has 0 bridgehead atoms. The maximum atomic E-state index is 6.00. The smallest absolute Gasteiger partial charge is 0.139 e. The van der Waals surface area contributed by atoms with Gasteiger partial charge in [-0.1, -0.05) is 43.1 Å². The predicted octanol–water partition coefficient (Wildman–Crippen LogP) is 4.01. The van der Waals surface area contributed by atoms with E-state index in [0.29, 0.717) is 28.3 Å². The average molecular weight is 276 g/mol. The van der Waals surface area contributed by atoms with Crippen LogP contribution in [0.15, 0.2) is 18.2 Å². The van der Waals surface area contributed by atoms with Gasteiger partial charge in [-0.05, 0) is 37.6 Å². The van der Waals surface area contributed by atoms with Crippen molar-refractivity contribution in [3.8, 4) is 5.75 Å². The van der Waals surface area contributed by atoms with Crippen molar-refractivity contribution in [1.82, 2.24) is 5.32 Å². The molecule has 1 aromatic rings. The van der Waals surface area contributed by atoms with Gasteiger partial charge < -0.3 is 10.1 Å². The molecule has 0 aliphatic rings. The van der Waals surface area contributed by atoms with Crippen LogP contribution in [0.25, 0.3) is 0 Å². The molecule has 0 aliphatic heterocycles. The Morgan fingerprint density at radius 3 is 2.76 bits per heavy atom. The molecule has 2 nitrogen and oxygen atoms in total. The largest absolute Gasteiger partial charge is 0.492 e. The van der Waals surface area contributed by atoms with Crippen molar-refractivity contribution in [3.63, 3.8) is 0 Å². The first-order valence-corrected chi connectivity index (χ1v) is 6.64. The van der Waals surface area contributed by atoms with Crippen LogP contribution in [0, 0.1) is 5.92 Å². The molecule has 0 saturated heterocycles. The van der Waals surface area contributed by atoms with E-state index in [4.69, 9.17) is 27.9 Å². The minimum absolute atomic E-state index is 0.490. The fourth-order valence-corrected chi connectivity index (χ4v) is 1.71. The van der Waals surface area contributed by atoms with Crippen molar-refractivity contribution in [3.05, 3.63) is 28.2 Å². The molecule has 0 aliphatic carbocycles. The molecule has 0 fully saturated rings. The second kappa shape index (κ2) is 7.80. The molecule has 1 rings (SSSR count). The summed E-state index contributed by atoms with van der Waals surface area (Å²) in [5, 5.41) is 4.38. The number of benzene rings is 1. The van der Waals surface area contributed by atoms with Gasteiger partial charge in [0.25, 0.3) is 0 Å². The number of hydrogen-bond acceptors (Lipinski definition) is 2. The van der Waals surface area contributed by atoms with Gasteiger partial charge >= 0.3 is 0 Å². The highest BCUT2D eigenvalue weighted by molar-refractivity contribution is 6.42. The lowest BCUT2D eigenvalue weighted by atomic mass is 10.2. The predicted molar refractivity (Wildman–Crippen MR) is 74.3 cm³/mol. The first kappa shape index (κ1) is 14.6. The summed E-state index contributed by atoms with van der Waals surface area (Å²) < 4.78 is 5.57. The second-order valence-corrected chi connectivity index (χ2v) is 5.14. The molecule has 96 valence electrons. The number of halogens is 2. The zero-order valence-corrected chi connectivity index (χ0v) is 11.8. The topological polar surface area (TPSA) is 21.3 Å². The second-order valence-electron chi connectivity index (χ2n) is 4.35. The normalized spacial score (nSPS) is 10.9. The summed E-state index contributed by atoms with van der Waals surface area (Å²) in [5.74, 6) is 1.33. The third kappa shape index (κ3) is 5.62. The molecule has 4 heteroatoms. The van der Waals surface area contributed by atoms with Crippen LogP contribution in [0.5, 0.6) is 5.75 Å². The lowest BCUT2D eigenvalue weighted by Gasteiger charge is -2.10. The van der Waals surface area contributed by atoms with Gasteiger partial charge in [-0.3, -0.25) is 0 Å². The minimum atomic E-state index is 0.490. The van der Waals surface area contributed by atoms with Crippen molar-refractivity contribution < 1.29 is 4.74 Å². The highest BCUT2D eigenvalue weighted by atomic mass is 35.5. The van der Waals surface area contributed by atoms with E-state index in [1.165, 1.54) is 0 Å². The molecule has 0 saturated carbocycles. The van der Waals surface area contributed by atoms with E-state index in [1.54, 1.807) is 6.07 Å². The molecular weight excluding hydrogens is 257 g/mol. The van der Waals surface area contributed by atoms with Crippen LogP contribution in [0.2, 0.25) is 10.0 Å². The number of rotatable bonds is 7. The van der Waals surface area contributed by atoms with Gasteiger partial charge in [0, 0.05) is 0 Å². The lowest BCUT2D eigenvalue weighted by Crippen LogP contribution is -2.22. The molecule has 0 atom stereocenters. The number of nitrogens with one attached hydrogen (secondary N) is 1. The van der Waals surface area contributed by atoms with Gasteiger partial charge in [-0.2, -0.15) is 0 Å². The zero-order valence-electron chi connectivity index (χ0n) is 10.3. The summed E-state index contributed by atoms with van der Waals surface area (Å²) in [4.78, 5) is 0. The Bertz CT molecular complexity index is 342. The lowest BCUT2D eigenvalue weighted by molar-refractivity contribution is 0.307. The third-order valence-electron chi connectivity index (χ3n) is 2.22. The van der Waals surface area contributed by atoms with Crippen molar-refractivity contribution in [2.75, 3.05) is 19.7 Å². The maximum absolute atomic E-state index is 6.00. The summed E-state index contributed by atoms with van der Waals surface area (Å²) in [5.41, 5.74) is 0. The minimum Gasteiger partial charge on any atom is -0.492 e. The molecule has 1 aromatic carbocycles. The average Bonchev–Trinajstić information content (AvgIpc) is 2.28. The highest BCUT2D eigenvalue weighted by Crippen LogP contribution is 2.31.